The van der Waals surface area contributed by atoms with Crippen molar-refractivity contribution < 1.29 is 13.2 Å². The van der Waals surface area contributed by atoms with Gasteiger partial charge in [-0.2, -0.15) is 0 Å². The first-order valence-electron chi connectivity index (χ1n) is 8.66. The zero-order chi connectivity index (χ0) is 18.5. The minimum Gasteiger partial charge on any atom is -0.398 e. The molecule has 4 rings (SSSR count). The molecule has 8 heteroatoms. The van der Waals surface area contributed by atoms with Gasteiger partial charge in [-0.15, -0.1) is 12.4 Å². The monoisotopic (exact) mass is 407 g/mol. The average molecular weight is 408 g/mol. The van der Waals surface area contributed by atoms with Crippen LogP contribution in [0.4, 0.5) is 17.1 Å². The number of sulfonamides is 1. The van der Waals surface area contributed by atoms with Gasteiger partial charge >= 0.3 is 0 Å². The fraction of sp³-hybridized carbons (Fsp3) is 0.316. The topological polar surface area (TPSA) is 83.7 Å². The lowest BCUT2D eigenvalue weighted by Gasteiger charge is -2.30. The van der Waals surface area contributed by atoms with E-state index >= 15 is 0 Å². The van der Waals surface area contributed by atoms with Crippen LogP contribution in [0.3, 0.4) is 0 Å². The van der Waals surface area contributed by atoms with Gasteiger partial charge in [-0.25, -0.2) is 8.42 Å². The highest BCUT2D eigenvalue weighted by Crippen LogP contribution is 2.34. The number of hydrogen-bond acceptors (Lipinski definition) is 4. The second-order valence-electron chi connectivity index (χ2n) is 6.83. The van der Waals surface area contributed by atoms with E-state index in [9.17, 15) is 13.2 Å². The molecule has 0 saturated heterocycles. The van der Waals surface area contributed by atoms with Gasteiger partial charge in [0.2, 0.25) is 10.0 Å². The Balaban J connectivity index is 0.00000210. The number of nitrogens with two attached hydrogens (primary N) is 1. The summed E-state index contributed by atoms with van der Waals surface area (Å²) in [6, 6.07) is 10.9. The van der Waals surface area contributed by atoms with Crippen molar-refractivity contribution in [2.45, 2.75) is 19.3 Å². The number of nitrogen functional groups attached to an aromatic ring is 1. The lowest BCUT2D eigenvalue weighted by molar-refractivity contribution is 0.0985. The molecule has 0 saturated carbocycles. The van der Waals surface area contributed by atoms with Crippen LogP contribution in [-0.4, -0.2) is 33.7 Å². The van der Waals surface area contributed by atoms with E-state index in [0.29, 0.717) is 30.8 Å². The second-order valence-corrected chi connectivity index (χ2v) is 8.74. The van der Waals surface area contributed by atoms with Gasteiger partial charge in [0, 0.05) is 30.0 Å². The minimum absolute atomic E-state index is 0. The third-order valence-corrected chi connectivity index (χ3v) is 6.29. The van der Waals surface area contributed by atoms with Gasteiger partial charge in [0.1, 0.15) is 0 Å². The number of anilines is 3. The van der Waals surface area contributed by atoms with Gasteiger partial charge in [0.25, 0.3) is 5.91 Å². The molecule has 2 aliphatic heterocycles. The van der Waals surface area contributed by atoms with E-state index in [1.165, 1.54) is 10.6 Å². The maximum atomic E-state index is 13.1. The molecule has 0 fully saturated rings. The van der Waals surface area contributed by atoms with Crippen molar-refractivity contribution in [2.75, 3.05) is 34.3 Å². The SMILES string of the molecule is CS(=O)(=O)N1CCc2cc(C(=O)N3CCCc4c(N)cccc43)ccc21.Cl. The number of hydrogen-bond donors (Lipinski definition) is 1. The highest BCUT2D eigenvalue weighted by atomic mass is 35.5. The summed E-state index contributed by atoms with van der Waals surface area (Å²) in [5.41, 5.74) is 10.8. The predicted molar refractivity (Wildman–Crippen MR) is 110 cm³/mol. The summed E-state index contributed by atoms with van der Waals surface area (Å²) in [5, 5.41) is 0. The number of rotatable bonds is 2. The number of benzene rings is 2. The van der Waals surface area contributed by atoms with Crippen LogP contribution in [0.1, 0.15) is 27.9 Å². The van der Waals surface area contributed by atoms with Crippen molar-refractivity contribution in [2.24, 2.45) is 0 Å². The Labute approximate surface area is 165 Å². The molecule has 0 atom stereocenters. The Kier molecular flexibility index (Phi) is 5.10. The molecule has 0 unspecified atom stereocenters. The van der Waals surface area contributed by atoms with E-state index in [0.717, 1.165) is 35.3 Å². The Bertz CT molecular complexity index is 1010. The first kappa shape index (κ1) is 19.5. The van der Waals surface area contributed by atoms with Crippen LogP contribution in [0, 0.1) is 0 Å². The van der Waals surface area contributed by atoms with Crippen LogP contribution in [0.15, 0.2) is 36.4 Å². The Morgan fingerprint density at radius 3 is 2.59 bits per heavy atom. The third-order valence-electron chi connectivity index (χ3n) is 5.11. The normalized spacial score (nSPS) is 15.7. The van der Waals surface area contributed by atoms with Crippen LogP contribution in [0.5, 0.6) is 0 Å². The van der Waals surface area contributed by atoms with Crippen LogP contribution in [-0.2, 0) is 22.9 Å². The van der Waals surface area contributed by atoms with E-state index in [1.807, 2.05) is 24.3 Å². The van der Waals surface area contributed by atoms with Crippen LogP contribution in [0.25, 0.3) is 0 Å². The molecule has 6 nitrogen and oxygen atoms in total. The fourth-order valence-electron chi connectivity index (χ4n) is 3.87. The van der Waals surface area contributed by atoms with Gasteiger partial charge < -0.3 is 10.6 Å². The van der Waals surface area contributed by atoms with Crippen LogP contribution in [0.2, 0.25) is 0 Å². The maximum Gasteiger partial charge on any atom is 0.258 e. The summed E-state index contributed by atoms with van der Waals surface area (Å²) in [7, 11) is -3.29. The van der Waals surface area contributed by atoms with Gasteiger partial charge in [-0.1, -0.05) is 6.07 Å². The number of amides is 1. The summed E-state index contributed by atoms with van der Waals surface area (Å²) in [5.74, 6) is -0.0721. The van der Waals surface area contributed by atoms with Crippen molar-refractivity contribution in [3.63, 3.8) is 0 Å². The summed E-state index contributed by atoms with van der Waals surface area (Å²) < 4.78 is 25.1. The predicted octanol–water partition coefficient (Wildman–Crippen LogP) is 2.61. The molecule has 2 heterocycles. The van der Waals surface area contributed by atoms with Crippen LogP contribution >= 0.6 is 12.4 Å². The van der Waals surface area contributed by atoms with Crippen molar-refractivity contribution in [3.05, 3.63) is 53.1 Å². The number of carbonyl (C=O) groups is 1. The molecule has 27 heavy (non-hydrogen) atoms. The van der Waals surface area contributed by atoms with E-state index in [4.69, 9.17) is 5.73 Å². The van der Waals surface area contributed by atoms with E-state index < -0.39 is 10.0 Å². The molecule has 0 radical (unpaired) electrons. The molecule has 2 aromatic rings. The molecule has 0 aliphatic carbocycles. The third kappa shape index (κ3) is 3.37. The zero-order valence-corrected chi connectivity index (χ0v) is 16.6. The standard InChI is InChI=1S/C19H21N3O3S.ClH/c1-26(24,25)22-11-9-13-12-14(7-8-17(13)22)19(23)21-10-3-4-15-16(20)5-2-6-18(15)21;/h2,5-8,12H,3-4,9-11,20H2,1H3;1H. The van der Waals surface area contributed by atoms with Crippen LogP contribution < -0.4 is 14.9 Å². The minimum atomic E-state index is -3.29. The van der Waals surface area contributed by atoms with E-state index in [-0.39, 0.29) is 18.3 Å². The molecule has 2 aromatic carbocycles. The van der Waals surface area contributed by atoms with Gasteiger partial charge in [-0.05, 0) is 60.7 Å². The number of fused-ring (bicyclic) bond motifs is 2. The summed E-state index contributed by atoms with van der Waals surface area (Å²) in [6.45, 7) is 1.08. The number of nitrogens with zero attached hydrogens (tertiary/aromatic N) is 2. The molecule has 0 spiro atoms. The first-order valence-corrected chi connectivity index (χ1v) is 10.5. The van der Waals surface area contributed by atoms with Crippen molar-refractivity contribution in [3.8, 4) is 0 Å². The molecule has 2 N–H and O–H groups in total. The van der Waals surface area contributed by atoms with Gasteiger partial charge in [-0.3, -0.25) is 9.10 Å². The van der Waals surface area contributed by atoms with Crippen molar-refractivity contribution in [1.29, 1.82) is 0 Å². The molecule has 0 bridgehead atoms. The zero-order valence-electron chi connectivity index (χ0n) is 15.0. The summed E-state index contributed by atoms with van der Waals surface area (Å²) in [4.78, 5) is 14.9. The molecule has 0 aromatic heterocycles. The second kappa shape index (κ2) is 7.05. The lowest BCUT2D eigenvalue weighted by Crippen LogP contribution is -2.35. The molecular weight excluding hydrogens is 386 g/mol. The van der Waals surface area contributed by atoms with Gasteiger partial charge in [0.05, 0.1) is 11.9 Å². The number of carbonyl (C=O) groups excluding carboxylic acids is 1. The molecule has 2 aliphatic rings. The quantitative estimate of drug-likeness (QED) is 0.775. The summed E-state index contributed by atoms with van der Waals surface area (Å²) >= 11 is 0. The maximum absolute atomic E-state index is 13.1. The first-order chi connectivity index (χ1) is 12.4. The molecule has 1 amide bonds. The number of halogens is 1. The molecule has 144 valence electrons. The highest BCUT2D eigenvalue weighted by molar-refractivity contribution is 7.92. The van der Waals surface area contributed by atoms with E-state index in [2.05, 4.69) is 0 Å². The lowest BCUT2D eigenvalue weighted by atomic mass is 9.98. The van der Waals surface area contributed by atoms with E-state index in [1.54, 1.807) is 17.0 Å². The van der Waals surface area contributed by atoms with Gasteiger partial charge in [0.15, 0.2) is 0 Å². The Morgan fingerprint density at radius 1 is 1.07 bits per heavy atom. The smallest absolute Gasteiger partial charge is 0.258 e. The van der Waals surface area contributed by atoms with Crippen molar-refractivity contribution in [1.82, 2.24) is 0 Å². The largest absolute Gasteiger partial charge is 0.398 e. The van der Waals surface area contributed by atoms with Crippen molar-refractivity contribution >= 4 is 45.4 Å². The Hall–Kier alpha value is -2.25. The Morgan fingerprint density at radius 2 is 1.85 bits per heavy atom. The highest BCUT2D eigenvalue weighted by Gasteiger charge is 2.29. The summed E-state index contributed by atoms with van der Waals surface area (Å²) in [6.07, 6.45) is 3.57. The fourth-order valence-corrected chi connectivity index (χ4v) is 4.83. The molecular formula is C19H22ClN3O3S. The average Bonchev–Trinajstić information content (AvgIpc) is 3.04.